The summed E-state index contributed by atoms with van der Waals surface area (Å²) in [7, 11) is 0. The molecule has 0 saturated carbocycles. The van der Waals surface area contributed by atoms with Gasteiger partial charge >= 0.3 is 0 Å². The van der Waals surface area contributed by atoms with Gasteiger partial charge in [0.05, 0.1) is 12.2 Å². The molecule has 0 saturated heterocycles. The summed E-state index contributed by atoms with van der Waals surface area (Å²) in [6.07, 6.45) is -0.00926. The molecule has 0 fully saturated rings. The van der Waals surface area contributed by atoms with Gasteiger partial charge in [-0.15, -0.1) is 0 Å². The summed E-state index contributed by atoms with van der Waals surface area (Å²) in [5, 5.41) is 20.2. The Labute approximate surface area is 137 Å². The first-order valence-electron chi connectivity index (χ1n) is 7.91. The molecular weight excluding hydrogens is 288 g/mol. The van der Waals surface area contributed by atoms with Crippen molar-refractivity contribution >= 4 is 11.4 Å². The van der Waals surface area contributed by atoms with E-state index in [0.29, 0.717) is 24.2 Å². The van der Waals surface area contributed by atoms with Crippen LogP contribution in [0.15, 0.2) is 48.5 Å². The Bertz CT molecular complexity index is 561. The number of aliphatic hydroxyl groups is 2. The number of aliphatic hydroxyl groups excluding tert-OH is 2. The standard InChI is InChI=1S/C19H26N2O2/c1-13(22)11-19(12-14(2)23,15-3-7-17(20)8-4-15)16-5-9-18(21)10-6-16/h3-10,13-14,22-23H,11-12,20-21H2,1-2H3. The Morgan fingerprint density at radius 2 is 1.04 bits per heavy atom. The van der Waals surface area contributed by atoms with Crippen molar-refractivity contribution in [1.29, 1.82) is 0 Å². The second-order valence-electron chi connectivity index (χ2n) is 6.43. The van der Waals surface area contributed by atoms with E-state index in [0.717, 1.165) is 11.1 Å². The number of nitrogens with two attached hydrogens (primary N) is 2. The zero-order chi connectivity index (χ0) is 17.0. The lowest BCUT2D eigenvalue weighted by atomic mass is 9.67. The van der Waals surface area contributed by atoms with E-state index in [-0.39, 0.29) is 0 Å². The zero-order valence-corrected chi connectivity index (χ0v) is 13.7. The predicted molar refractivity (Wildman–Crippen MR) is 95.1 cm³/mol. The van der Waals surface area contributed by atoms with Crippen LogP contribution in [0.25, 0.3) is 0 Å². The van der Waals surface area contributed by atoms with E-state index in [2.05, 4.69) is 0 Å². The van der Waals surface area contributed by atoms with Gasteiger partial charge in [0, 0.05) is 16.8 Å². The summed E-state index contributed by atoms with van der Waals surface area (Å²) in [5.74, 6) is 0. The van der Waals surface area contributed by atoms with Crippen molar-refractivity contribution < 1.29 is 10.2 Å². The summed E-state index contributed by atoms with van der Waals surface area (Å²) < 4.78 is 0. The summed E-state index contributed by atoms with van der Waals surface area (Å²) in [6, 6.07) is 15.3. The largest absolute Gasteiger partial charge is 0.399 e. The van der Waals surface area contributed by atoms with Gasteiger partial charge in [0.15, 0.2) is 0 Å². The number of rotatable bonds is 6. The number of hydrogen-bond acceptors (Lipinski definition) is 4. The van der Waals surface area contributed by atoms with Crippen LogP contribution >= 0.6 is 0 Å². The second-order valence-corrected chi connectivity index (χ2v) is 6.43. The molecule has 0 aromatic heterocycles. The Kier molecular flexibility index (Phi) is 5.29. The molecule has 124 valence electrons. The lowest BCUT2D eigenvalue weighted by molar-refractivity contribution is 0.116. The maximum absolute atomic E-state index is 10.1. The minimum Gasteiger partial charge on any atom is -0.399 e. The van der Waals surface area contributed by atoms with E-state index < -0.39 is 17.6 Å². The SMILES string of the molecule is CC(O)CC(CC(C)O)(c1ccc(N)cc1)c1ccc(N)cc1. The van der Waals surface area contributed by atoms with E-state index in [1.54, 1.807) is 13.8 Å². The minimum absolute atomic E-state index is 0.496. The summed E-state index contributed by atoms with van der Waals surface area (Å²) in [4.78, 5) is 0. The molecule has 0 bridgehead atoms. The fourth-order valence-electron chi connectivity index (χ4n) is 3.33. The molecule has 2 unspecified atom stereocenters. The van der Waals surface area contributed by atoms with Gasteiger partial charge in [-0.05, 0) is 62.1 Å². The highest BCUT2D eigenvalue weighted by molar-refractivity contribution is 5.49. The molecule has 2 aromatic carbocycles. The Balaban J connectivity index is 2.62. The molecule has 0 heterocycles. The number of nitrogen functional groups attached to an aromatic ring is 2. The first-order chi connectivity index (χ1) is 10.8. The molecule has 2 aromatic rings. The molecule has 0 aliphatic carbocycles. The molecule has 6 N–H and O–H groups in total. The first kappa shape index (κ1) is 17.3. The molecule has 2 rings (SSSR count). The van der Waals surface area contributed by atoms with Crippen LogP contribution in [0, 0.1) is 0 Å². The minimum atomic E-state index is -0.510. The fraction of sp³-hybridized carbons (Fsp3) is 0.368. The average Bonchev–Trinajstić information content (AvgIpc) is 2.46. The summed E-state index contributed by atoms with van der Waals surface area (Å²) in [6.45, 7) is 3.54. The lowest BCUT2D eigenvalue weighted by Crippen LogP contribution is -2.35. The van der Waals surface area contributed by atoms with Crippen LogP contribution in [0.5, 0.6) is 0 Å². The molecular formula is C19H26N2O2. The van der Waals surface area contributed by atoms with Crippen molar-refractivity contribution in [3.63, 3.8) is 0 Å². The third-order valence-corrected chi connectivity index (χ3v) is 4.21. The average molecular weight is 314 g/mol. The van der Waals surface area contributed by atoms with Crippen molar-refractivity contribution in [3.8, 4) is 0 Å². The van der Waals surface area contributed by atoms with Gasteiger partial charge in [0.2, 0.25) is 0 Å². The summed E-state index contributed by atoms with van der Waals surface area (Å²) in [5.41, 5.74) is 14.6. The van der Waals surface area contributed by atoms with Crippen molar-refractivity contribution in [2.24, 2.45) is 0 Å². The van der Waals surface area contributed by atoms with Gasteiger partial charge in [0.1, 0.15) is 0 Å². The Hall–Kier alpha value is -2.04. The van der Waals surface area contributed by atoms with E-state index in [4.69, 9.17) is 11.5 Å². The topological polar surface area (TPSA) is 92.5 Å². The highest BCUT2D eigenvalue weighted by Crippen LogP contribution is 2.41. The zero-order valence-electron chi connectivity index (χ0n) is 13.7. The van der Waals surface area contributed by atoms with Crippen LogP contribution in [0.3, 0.4) is 0 Å². The van der Waals surface area contributed by atoms with Crippen LogP contribution in [0.2, 0.25) is 0 Å². The molecule has 0 aliphatic heterocycles. The molecule has 4 heteroatoms. The van der Waals surface area contributed by atoms with E-state index in [1.807, 2.05) is 48.5 Å². The third-order valence-electron chi connectivity index (χ3n) is 4.21. The quantitative estimate of drug-likeness (QED) is 0.617. The van der Waals surface area contributed by atoms with Gasteiger partial charge < -0.3 is 21.7 Å². The van der Waals surface area contributed by atoms with Gasteiger partial charge in [-0.3, -0.25) is 0 Å². The second kappa shape index (κ2) is 7.02. The number of anilines is 2. The van der Waals surface area contributed by atoms with E-state index in [9.17, 15) is 10.2 Å². The van der Waals surface area contributed by atoms with Crippen LogP contribution in [0.4, 0.5) is 11.4 Å². The van der Waals surface area contributed by atoms with Crippen molar-refractivity contribution in [2.75, 3.05) is 11.5 Å². The monoisotopic (exact) mass is 314 g/mol. The normalized spacial score (nSPS) is 14.4. The predicted octanol–water partition coefficient (Wildman–Crippen LogP) is 2.68. The van der Waals surface area contributed by atoms with Gasteiger partial charge in [-0.1, -0.05) is 24.3 Å². The molecule has 0 spiro atoms. The number of benzene rings is 2. The van der Waals surface area contributed by atoms with Crippen LogP contribution in [0.1, 0.15) is 37.8 Å². The van der Waals surface area contributed by atoms with Gasteiger partial charge in [0.25, 0.3) is 0 Å². The van der Waals surface area contributed by atoms with Crippen molar-refractivity contribution in [1.82, 2.24) is 0 Å². The molecule has 4 nitrogen and oxygen atoms in total. The van der Waals surface area contributed by atoms with Crippen molar-refractivity contribution in [2.45, 2.75) is 44.3 Å². The molecule has 0 amide bonds. The maximum atomic E-state index is 10.1. The first-order valence-corrected chi connectivity index (χ1v) is 7.91. The highest BCUT2D eigenvalue weighted by atomic mass is 16.3. The lowest BCUT2D eigenvalue weighted by Gasteiger charge is -2.37. The maximum Gasteiger partial charge on any atom is 0.0523 e. The van der Waals surface area contributed by atoms with Crippen LogP contribution < -0.4 is 11.5 Å². The van der Waals surface area contributed by atoms with Crippen LogP contribution in [-0.4, -0.2) is 22.4 Å². The van der Waals surface area contributed by atoms with Crippen LogP contribution in [-0.2, 0) is 5.41 Å². The third kappa shape index (κ3) is 4.03. The number of hydrogen-bond donors (Lipinski definition) is 4. The Morgan fingerprint density at radius 3 is 1.30 bits per heavy atom. The summed E-state index contributed by atoms with van der Waals surface area (Å²) >= 11 is 0. The van der Waals surface area contributed by atoms with E-state index in [1.165, 1.54) is 0 Å². The van der Waals surface area contributed by atoms with Gasteiger partial charge in [-0.25, -0.2) is 0 Å². The molecule has 2 atom stereocenters. The smallest absolute Gasteiger partial charge is 0.0523 e. The molecule has 23 heavy (non-hydrogen) atoms. The molecule has 0 radical (unpaired) electrons. The highest BCUT2D eigenvalue weighted by Gasteiger charge is 2.36. The van der Waals surface area contributed by atoms with Gasteiger partial charge in [-0.2, -0.15) is 0 Å². The van der Waals surface area contributed by atoms with Crippen molar-refractivity contribution in [3.05, 3.63) is 59.7 Å². The Morgan fingerprint density at radius 1 is 0.739 bits per heavy atom. The molecule has 0 aliphatic rings. The fourth-order valence-corrected chi connectivity index (χ4v) is 3.33. The van der Waals surface area contributed by atoms with E-state index >= 15 is 0 Å².